The van der Waals surface area contributed by atoms with E-state index in [-0.39, 0.29) is 6.10 Å². The zero-order valence-corrected chi connectivity index (χ0v) is 11.1. The summed E-state index contributed by atoms with van der Waals surface area (Å²) < 4.78 is 2.31. The molecule has 0 amide bonds. The van der Waals surface area contributed by atoms with Gasteiger partial charge in [-0.3, -0.25) is 0 Å². The molecule has 1 fully saturated rings. The SMILES string of the molecule is Cc1cc2c(ccn2C2CCC(O)CC2)cc1C#N. The number of fused-ring (bicyclic) bond motifs is 1. The summed E-state index contributed by atoms with van der Waals surface area (Å²) in [4.78, 5) is 0. The van der Waals surface area contributed by atoms with Crippen LogP contribution in [-0.2, 0) is 0 Å². The molecule has 1 N–H and O–H groups in total. The first kappa shape index (κ1) is 12.3. The quantitative estimate of drug-likeness (QED) is 0.848. The molecule has 1 aliphatic carbocycles. The van der Waals surface area contributed by atoms with Gasteiger partial charge in [0.1, 0.15) is 0 Å². The van der Waals surface area contributed by atoms with E-state index in [2.05, 4.69) is 29.0 Å². The Kier molecular flexibility index (Phi) is 3.04. The number of nitrogens with zero attached hydrogens (tertiary/aromatic N) is 2. The molecule has 1 aliphatic rings. The molecule has 0 aliphatic heterocycles. The van der Waals surface area contributed by atoms with Crippen LogP contribution in [0.1, 0.15) is 42.9 Å². The lowest BCUT2D eigenvalue weighted by molar-refractivity contribution is 0.111. The lowest BCUT2D eigenvalue weighted by Gasteiger charge is -2.27. The second kappa shape index (κ2) is 4.71. The van der Waals surface area contributed by atoms with Crippen molar-refractivity contribution < 1.29 is 5.11 Å². The lowest BCUT2D eigenvalue weighted by Crippen LogP contribution is -2.20. The minimum absolute atomic E-state index is 0.120. The van der Waals surface area contributed by atoms with Crippen molar-refractivity contribution in [3.05, 3.63) is 35.5 Å². The fourth-order valence-electron chi connectivity index (χ4n) is 3.08. The van der Waals surface area contributed by atoms with Gasteiger partial charge in [-0.05, 0) is 56.4 Å². The number of hydrogen-bond acceptors (Lipinski definition) is 2. The summed E-state index contributed by atoms with van der Waals surface area (Å²) in [5, 5.41) is 19.8. The van der Waals surface area contributed by atoms with Crippen LogP contribution >= 0.6 is 0 Å². The average molecular weight is 254 g/mol. The van der Waals surface area contributed by atoms with E-state index in [0.29, 0.717) is 6.04 Å². The van der Waals surface area contributed by atoms with Crippen LogP contribution in [0.3, 0.4) is 0 Å². The van der Waals surface area contributed by atoms with Crippen LogP contribution in [0.5, 0.6) is 0 Å². The van der Waals surface area contributed by atoms with Gasteiger partial charge in [0, 0.05) is 23.1 Å². The van der Waals surface area contributed by atoms with Gasteiger partial charge in [0.2, 0.25) is 0 Å². The summed E-state index contributed by atoms with van der Waals surface area (Å²) in [6.07, 6.45) is 5.84. The number of aliphatic hydroxyl groups is 1. The summed E-state index contributed by atoms with van der Waals surface area (Å²) in [6.45, 7) is 1.99. The molecule has 2 aromatic rings. The molecule has 0 radical (unpaired) electrons. The molecule has 1 aromatic carbocycles. The molecule has 1 heterocycles. The first-order valence-corrected chi connectivity index (χ1v) is 6.88. The molecule has 1 aromatic heterocycles. The van der Waals surface area contributed by atoms with E-state index in [9.17, 15) is 5.11 Å². The predicted molar refractivity (Wildman–Crippen MR) is 74.9 cm³/mol. The number of benzene rings is 1. The minimum atomic E-state index is -0.120. The van der Waals surface area contributed by atoms with Crippen molar-refractivity contribution in [1.82, 2.24) is 4.57 Å². The van der Waals surface area contributed by atoms with Crippen LogP contribution in [0, 0.1) is 18.3 Å². The zero-order valence-electron chi connectivity index (χ0n) is 11.1. The van der Waals surface area contributed by atoms with Gasteiger partial charge in [0.15, 0.2) is 0 Å². The first-order valence-electron chi connectivity index (χ1n) is 6.88. The summed E-state index contributed by atoms with van der Waals surface area (Å²) in [7, 11) is 0. The molecule has 0 saturated heterocycles. The van der Waals surface area contributed by atoms with Gasteiger partial charge < -0.3 is 9.67 Å². The molecular weight excluding hydrogens is 236 g/mol. The van der Waals surface area contributed by atoms with Crippen LogP contribution in [0.15, 0.2) is 24.4 Å². The molecule has 0 spiro atoms. The van der Waals surface area contributed by atoms with Crippen LogP contribution in [0.2, 0.25) is 0 Å². The second-order valence-corrected chi connectivity index (χ2v) is 5.52. The van der Waals surface area contributed by atoms with Crippen LogP contribution < -0.4 is 0 Å². The van der Waals surface area contributed by atoms with Gasteiger partial charge >= 0.3 is 0 Å². The Morgan fingerprint density at radius 1 is 1.26 bits per heavy atom. The van der Waals surface area contributed by atoms with Gasteiger partial charge in [-0.25, -0.2) is 0 Å². The molecule has 0 bridgehead atoms. The maximum Gasteiger partial charge on any atom is 0.0994 e. The lowest BCUT2D eigenvalue weighted by atomic mass is 9.93. The largest absolute Gasteiger partial charge is 0.393 e. The van der Waals surface area contributed by atoms with Gasteiger partial charge in [-0.1, -0.05) is 0 Å². The number of hydrogen-bond donors (Lipinski definition) is 1. The molecule has 0 atom stereocenters. The maximum atomic E-state index is 9.60. The molecule has 98 valence electrons. The molecular formula is C16H18N2O. The third-order valence-electron chi connectivity index (χ3n) is 4.25. The summed E-state index contributed by atoms with van der Waals surface area (Å²) in [6, 6.07) is 8.88. The van der Waals surface area contributed by atoms with Crippen LogP contribution in [0.25, 0.3) is 10.9 Å². The van der Waals surface area contributed by atoms with E-state index in [1.165, 1.54) is 5.52 Å². The van der Waals surface area contributed by atoms with Gasteiger partial charge in [0.25, 0.3) is 0 Å². The highest BCUT2D eigenvalue weighted by atomic mass is 16.3. The summed E-state index contributed by atoms with van der Waals surface area (Å²) >= 11 is 0. The Balaban J connectivity index is 2.01. The summed E-state index contributed by atoms with van der Waals surface area (Å²) in [5.74, 6) is 0. The molecule has 3 heteroatoms. The Morgan fingerprint density at radius 2 is 2.00 bits per heavy atom. The van der Waals surface area contributed by atoms with Crippen molar-refractivity contribution in [2.45, 2.75) is 44.8 Å². The maximum absolute atomic E-state index is 9.60. The fourth-order valence-corrected chi connectivity index (χ4v) is 3.08. The molecule has 19 heavy (non-hydrogen) atoms. The average Bonchev–Trinajstić information content (AvgIpc) is 2.81. The van der Waals surface area contributed by atoms with Crippen molar-refractivity contribution in [2.75, 3.05) is 0 Å². The van der Waals surface area contributed by atoms with E-state index < -0.39 is 0 Å². The van der Waals surface area contributed by atoms with Crippen molar-refractivity contribution in [1.29, 1.82) is 5.26 Å². The third-order valence-corrected chi connectivity index (χ3v) is 4.25. The Bertz CT molecular complexity index is 643. The normalized spacial score (nSPS) is 23.4. The number of aromatic nitrogens is 1. The molecule has 0 unspecified atom stereocenters. The van der Waals surface area contributed by atoms with Crippen molar-refractivity contribution in [2.24, 2.45) is 0 Å². The number of aryl methyl sites for hydroxylation is 1. The van der Waals surface area contributed by atoms with Crippen molar-refractivity contribution in [3.63, 3.8) is 0 Å². The number of nitriles is 1. The van der Waals surface area contributed by atoms with E-state index in [4.69, 9.17) is 5.26 Å². The highest BCUT2D eigenvalue weighted by molar-refractivity contribution is 5.83. The smallest absolute Gasteiger partial charge is 0.0994 e. The van der Waals surface area contributed by atoms with Crippen LogP contribution in [-0.4, -0.2) is 15.8 Å². The Hall–Kier alpha value is -1.79. The van der Waals surface area contributed by atoms with Gasteiger partial charge in [-0.15, -0.1) is 0 Å². The number of rotatable bonds is 1. The van der Waals surface area contributed by atoms with E-state index in [0.717, 1.165) is 42.2 Å². The van der Waals surface area contributed by atoms with Crippen molar-refractivity contribution in [3.8, 4) is 6.07 Å². The topological polar surface area (TPSA) is 49.0 Å². The molecule has 3 rings (SSSR count). The minimum Gasteiger partial charge on any atom is -0.393 e. The third kappa shape index (κ3) is 2.13. The summed E-state index contributed by atoms with van der Waals surface area (Å²) in [5.41, 5.74) is 2.99. The van der Waals surface area contributed by atoms with Crippen molar-refractivity contribution >= 4 is 10.9 Å². The monoisotopic (exact) mass is 254 g/mol. The van der Waals surface area contributed by atoms with E-state index in [1.54, 1.807) is 0 Å². The molecule has 1 saturated carbocycles. The zero-order chi connectivity index (χ0) is 13.4. The highest BCUT2D eigenvalue weighted by Gasteiger charge is 2.21. The highest BCUT2D eigenvalue weighted by Crippen LogP contribution is 2.32. The van der Waals surface area contributed by atoms with Crippen LogP contribution in [0.4, 0.5) is 0 Å². The van der Waals surface area contributed by atoms with E-state index in [1.807, 2.05) is 13.0 Å². The predicted octanol–water partition coefficient (Wildman–Crippen LogP) is 3.30. The Labute approximate surface area is 113 Å². The first-order chi connectivity index (χ1) is 9.19. The van der Waals surface area contributed by atoms with Gasteiger partial charge in [0.05, 0.1) is 17.7 Å². The fraction of sp³-hybridized carbons (Fsp3) is 0.438. The number of aliphatic hydroxyl groups excluding tert-OH is 1. The Morgan fingerprint density at radius 3 is 2.68 bits per heavy atom. The standard InChI is InChI=1S/C16H18N2O/c1-11-8-16-12(9-13(11)10-17)6-7-18(16)14-2-4-15(19)5-3-14/h6-9,14-15,19H,2-5H2,1H3. The van der Waals surface area contributed by atoms with Gasteiger partial charge in [-0.2, -0.15) is 5.26 Å². The second-order valence-electron chi connectivity index (χ2n) is 5.52. The molecule has 3 nitrogen and oxygen atoms in total. The van der Waals surface area contributed by atoms with E-state index >= 15 is 0 Å².